The van der Waals surface area contributed by atoms with Gasteiger partial charge in [-0.2, -0.15) is 0 Å². The Bertz CT molecular complexity index is 595. The maximum absolute atomic E-state index is 12.8. The van der Waals surface area contributed by atoms with Crippen molar-refractivity contribution >= 4 is 17.7 Å². The molecule has 2 aromatic rings. The van der Waals surface area contributed by atoms with Gasteiger partial charge >= 0.3 is 0 Å². The number of benzene rings is 2. The molecule has 1 N–H and O–H groups in total. The summed E-state index contributed by atoms with van der Waals surface area (Å²) in [5, 5.41) is 2.91. The molecule has 1 amide bonds. The molecule has 0 heterocycles. The van der Waals surface area contributed by atoms with Gasteiger partial charge in [0.25, 0.3) is 0 Å². The smallest absolute Gasteiger partial charge is 0.230 e. The van der Waals surface area contributed by atoms with Crippen LogP contribution in [0.2, 0.25) is 0 Å². The van der Waals surface area contributed by atoms with Gasteiger partial charge in [0.2, 0.25) is 5.91 Å². The summed E-state index contributed by atoms with van der Waals surface area (Å²) in [5.74, 6) is 0.259. The second-order valence-electron chi connectivity index (χ2n) is 5.18. The highest BCUT2D eigenvalue weighted by Crippen LogP contribution is 2.17. The molecule has 2 nitrogen and oxygen atoms in total. The van der Waals surface area contributed by atoms with Gasteiger partial charge in [-0.3, -0.25) is 4.79 Å². The van der Waals surface area contributed by atoms with E-state index in [1.165, 1.54) is 29.5 Å². The van der Waals surface area contributed by atoms with Crippen LogP contribution >= 0.6 is 11.8 Å². The van der Waals surface area contributed by atoms with E-state index in [-0.39, 0.29) is 11.7 Å². The number of amides is 1. The van der Waals surface area contributed by atoms with Crippen LogP contribution in [0.15, 0.2) is 53.4 Å². The van der Waals surface area contributed by atoms with E-state index in [1.807, 2.05) is 31.2 Å². The van der Waals surface area contributed by atoms with Crippen LogP contribution in [-0.2, 0) is 11.2 Å². The van der Waals surface area contributed by atoms with Crippen LogP contribution in [0, 0.1) is 12.7 Å². The molecular weight excluding hydrogens is 297 g/mol. The first-order valence-corrected chi connectivity index (χ1v) is 8.32. The number of nitrogens with one attached hydrogen (secondary N) is 1. The van der Waals surface area contributed by atoms with Crippen molar-refractivity contribution in [1.29, 1.82) is 0 Å². The van der Waals surface area contributed by atoms with E-state index in [2.05, 4.69) is 5.32 Å². The minimum absolute atomic E-state index is 0.0460. The van der Waals surface area contributed by atoms with E-state index in [0.29, 0.717) is 12.3 Å². The normalized spacial score (nSPS) is 10.5. The Hall–Kier alpha value is -1.81. The van der Waals surface area contributed by atoms with Crippen molar-refractivity contribution in [2.45, 2.75) is 24.7 Å². The van der Waals surface area contributed by atoms with Gasteiger partial charge in [-0.25, -0.2) is 4.39 Å². The summed E-state index contributed by atoms with van der Waals surface area (Å²) in [6, 6.07) is 14.6. The van der Waals surface area contributed by atoms with Crippen molar-refractivity contribution in [2.75, 3.05) is 12.3 Å². The maximum Gasteiger partial charge on any atom is 0.230 e. The molecule has 0 saturated carbocycles. The third-order valence-electron chi connectivity index (χ3n) is 3.27. The van der Waals surface area contributed by atoms with E-state index < -0.39 is 0 Å². The number of hydrogen-bond donors (Lipinski definition) is 1. The van der Waals surface area contributed by atoms with Crippen molar-refractivity contribution in [1.82, 2.24) is 5.32 Å². The standard InChI is InChI=1S/C18H20FNOS/c1-14-4-10-17(11-5-14)22-13-18(21)20-12-2-3-15-6-8-16(19)9-7-15/h4-11H,2-3,12-13H2,1H3,(H,20,21). The second-order valence-corrected chi connectivity index (χ2v) is 6.23. The summed E-state index contributed by atoms with van der Waals surface area (Å²) < 4.78 is 12.8. The fraction of sp³-hybridized carbons (Fsp3) is 0.278. The molecule has 0 bridgehead atoms. The molecule has 116 valence electrons. The summed E-state index contributed by atoms with van der Waals surface area (Å²) in [7, 11) is 0. The highest BCUT2D eigenvalue weighted by molar-refractivity contribution is 8.00. The third kappa shape index (κ3) is 5.90. The Morgan fingerprint density at radius 3 is 2.45 bits per heavy atom. The quantitative estimate of drug-likeness (QED) is 0.618. The van der Waals surface area contributed by atoms with Crippen molar-refractivity contribution in [3.63, 3.8) is 0 Å². The molecule has 0 unspecified atom stereocenters. The van der Waals surface area contributed by atoms with Crippen LogP contribution in [0.25, 0.3) is 0 Å². The zero-order chi connectivity index (χ0) is 15.8. The number of halogens is 1. The fourth-order valence-corrected chi connectivity index (χ4v) is 2.73. The number of aryl methyl sites for hydroxylation is 2. The number of carbonyl (C=O) groups is 1. The maximum atomic E-state index is 12.8. The lowest BCUT2D eigenvalue weighted by molar-refractivity contribution is -0.118. The van der Waals surface area contributed by atoms with Gasteiger partial charge in [-0.05, 0) is 49.6 Å². The summed E-state index contributed by atoms with van der Waals surface area (Å²) in [4.78, 5) is 12.9. The van der Waals surface area contributed by atoms with Gasteiger partial charge in [0.15, 0.2) is 0 Å². The Morgan fingerprint density at radius 1 is 1.09 bits per heavy atom. The van der Waals surface area contributed by atoms with Gasteiger partial charge in [0, 0.05) is 11.4 Å². The lowest BCUT2D eigenvalue weighted by Gasteiger charge is -2.06. The molecule has 0 radical (unpaired) electrons. The van der Waals surface area contributed by atoms with E-state index in [4.69, 9.17) is 0 Å². The molecule has 2 aromatic carbocycles. The molecule has 0 aliphatic rings. The minimum atomic E-state index is -0.217. The summed E-state index contributed by atoms with van der Waals surface area (Å²) in [6.45, 7) is 2.69. The first-order chi connectivity index (χ1) is 10.6. The number of carbonyl (C=O) groups excluding carboxylic acids is 1. The Morgan fingerprint density at radius 2 is 1.77 bits per heavy atom. The van der Waals surface area contributed by atoms with E-state index in [9.17, 15) is 9.18 Å². The molecule has 0 aliphatic heterocycles. The van der Waals surface area contributed by atoms with Crippen LogP contribution in [0.4, 0.5) is 4.39 Å². The van der Waals surface area contributed by atoms with Gasteiger partial charge in [-0.15, -0.1) is 11.8 Å². The predicted molar refractivity (Wildman–Crippen MR) is 89.6 cm³/mol. The van der Waals surface area contributed by atoms with Gasteiger partial charge in [-0.1, -0.05) is 29.8 Å². The average molecular weight is 317 g/mol. The van der Waals surface area contributed by atoms with Crippen LogP contribution in [-0.4, -0.2) is 18.2 Å². The lowest BCUT2D eigenvalue weighted by Crippen LogP contribution is -2.26. The minimum Gasteiger partial charge on any atom is -0.355 e. The molecule has 0 spiro atoms. The second kappa shape index (κ2) is 8.59. The van der Waals surface area contributed by atoms with Crippen molar-refractivity contribution < 1.29 is 9.18 Å². The van der Waals surface area contributed by atoms with Gasteiger partial charge < -0.3 is 5.32 Å². The molecule has 0 atom stereocenters. The predicted octanol–water partition coefficient (Wildman–Crippen LogP) is 3.98. The van der Waals surface area contributed by atoms with Crippen LogP contribution in [0.1, 0.15) is 17.5 Å². The largest absolute Gasteiger partial charge is 0.355 e. The molecule has 22 heavy (non-hydrogen) atoms. The highest BCUT2D eigenvalue weighted by atomic mass is 32.2. The lowest BCUT2D eigenvalue weighted by atomic mass is 10.1. The molecule has 0 aromatic heterocycles. The third-order valence-corrected chi connectivity index (χ3v) is 4.28. The monoisotopic (exact) mass is 317 g/mol. The SMILES string of the molecule is Cc1ccc(SCC(=O)NCCCc2ccc(F)cc2)cc1. The average Bonchev–Trinajstić information content (AvgIpc) is 2.53. The molecular formula is C18H20FNOS. The van der Waals surface area contributed by atoms with Crippen LogP contribution < -0.4 is 5.32 Å². The van der Waals surface area contributed by atoms with Crippen LogP contribution in [0.5, 0.6) is 0 Å². The first-order valence-electron chi connectivity index (χ1n) is 7.34. The zero-order valence-corrected chi connectivity index (χ0v) is 13.5. The molecule has 2 rings (SSSR count). The van der Waals surface area contributed by atoms with Crippen molar-refractivity contribution in [2.24, 2.45) is 0 Å². The van der Waals surface area contributed by atoms with E-state index in [0.717, 1.165) is 23.3 Å². The van der Waals surface area contributed by atoms with E-state index in [1.54, 1.807) is 12.1 Å². The fourth-order valence-electron chi connectivity index (χ4n) is 2.01. The summed E-state index contributed by atoms with van der Waals surface area (Å²) >= 11 is 1.54. The molecule has 0 fully saturated rings. The molecule has 4 heteroatoms. The molecule has 0 saturated heterocycles. The van der Waals surface area contributed by atoms with Crippen molar-refractivity contribution in [3.8, 4) is 0 Å². The Kier molecular flexibility index (Phi) is 6.46. The zero-order valence-electron chi connectivity index (χ0n) is 12.6. The summed E-state index contributed by atoms with van der Waals surface area (Å²) in [6.07, 6.45) is 1.69. The topological polar surface area (TPSA) is 29.1 Å². The summed E-state index contributed by atoms with van der Waals surface area (Å²) in [5.41, 5.74) is 2.30. The number of rotatable bonds is 7. The number of hydrogen-bond acceptors (Lipinski definition) is 2. The Balaban J connectivity index is 1.61. The first kappa shape index (κ1) is 16.6. The highest BCUT2D eigenvalue weighted by Gasteiger charge is 2.02. The van der Waals surface area contributed by atoms with Crippen LogP contribution in [0.3, 0.4) is 0 Å². The van der Waals surface area contributed by atoms with E-state index >= 15 is 0 Å². The molecule has 0 aliphatic carbocycles. The van der Waals surface area contributed by atoms with Gasteiger partial charge in [0.1, 0.15) is 5.82 Å². The van der Waals surface area contributed by atoms with Gasteiger partial charge in [0.05, 0.1) is 5.75 Å². The number of thioether (sulfide) groups is 1. The Labute approximate surface area is 135 Å². The van der Waals surface area contributed by atoms with Crippen molar-refractivity contribution in [3.05, 3.63) is 65.5 Å².